The van der Waals surface area contributed by atoms with E-state index in [1.165, 1.54) is 13.2 Å². The topological polar surface area (TPSA) is 106 Å². The molecule has 1 fully saturated rings. The SMILES string of the molecule is COC(=O)[C@@]12O[C@@H](C[C@H]1O)c1c(oc3cc(C)cc(O)c3c1=O)S2. The number of hydrogen-bond donors (Lipinski definition) is 2. The van der Waals surface area contributed by atoms with Gasteiger partial charge in [0.1, 0.15) is 22.8 Å². The molecule has 0 saturated carbocycles. The Kier molecular flexibility index (Phi) is 3.22. The number of esters is 1. The molecule has 0 unspecified atom stereocenters. The van der Waals surface area contributed by atoms with Crippen LogP contribution < -0.4 is 5.43 Å². The van der Waals surface area contributed by atoms with Crippen molar-refractivity contribution in [3.8, 4) is 5.75 Å². The average Bonchev–Trinajstić information content (AvgIpc) is 2.77. The van der Waals surface area contributed by atoms with E-state index < -0.39 is 28.5 Å². The highest BCUT2D eigenvalue weighted by atomic mass is 32.2. The molecule has 7 nitrogen and oxygen atoms in total. The van der Waals surface area contributed by atoms with Crippen LogP contribution in [0.3, 0.4) is 0 Å². The smallest absolute Gasteiger partial charge is 0.352 e. The van der Waals surface area contributed by atoms with Crippen molar-refractivity contribution in [2.45, 2.75) is 35.6 Å². The second-order valence-electron chi connectivity index (χ2n) is 5.91. The van der Waals surface area contributed by atoms with Gasteiger partial charge in [0.15, 0.2) is 5.09 Å². The van der Waals surface area contributed by atoms with Gasteiger partial charge in [0, 0.05) is 6.42 Å². The number of carbonyl (C=O) groups is 1. The number of hydrogen-bond acceptors (Lipinski definition) is 8. The largest absolute Gasteiger partial charge is 0.507 e. The number of aryl methyl sites for hydroxylation is 1. The summed E-state index contributed by atoms with van der Waals surface area (Å²) < 4.78 is 16.2. The fourth-order valence-electron chi connectivity index (χ4n) is 3.25. The van der Waals surface area contributed by atoms with E-state index in [0.29, 0.717) is 0 Å². The van der Waals surface area contributed by atoms with Crippen molar-refractivity contribution in [3.63, 3.8) is 0 Å². The molecule has 1 aromatic heterocycles. The standard InChI is InChI=1S/C16H14O7S/c1-6-3-7(17)11-8(4-6)22-14-12(13(11)19)9-5-10(18)16(23-9,24-14)15(20)21-2/h3-4,9-10,17-18H,5H2,1-2H3/t9-,10+,16+/m0/s1. The van der Waals surface area contributed by atoms with Gasteiger partial charge < -0.3 is 24.1 Å². The van der Waals surface area contributed by atoms with Crippen molar-refractivity contribution < 1.29 is 28.9 Å². The van der Waals surface area contributed by atoms with Crippen LogP contribution in [0.2, 0.25) is 0 Å². The maximum atomic E-state index is 12.8. The van der Waals surface area contributed by atoms with Gasteiger partial charge in [-0.15, -0.1) is 0 Å². The number of rotatable bonds is 1. The molecule has 0 aliphatic carbocycles. The van der Waals surface area contributed by atoms with Crippen molar-refractivity contribution in [1.82, 2.24) is 0 Å². The Morgan fingerprint density at radius 2 is 2.21 bits per heavy atom. The summed E-state index contributed by atoms with van der Waals surface area (Å²) in [6.07, 6.45) is -1.87. The maximum absolute atomic E-state index is 12.8. The van der Waals surface area contributed by atoms with Gasteiger partial charge in [0.05, 0.1) is 18.8 Å². The summed E-state index contributed by atoms with van der Waals surface area (Å²) >= 11 is 0.833. The second kappa shape index (κ2) is 4.98. The molecule has 24 heavy (non-hydrogen) atoms. The summed E-state index contributed by atoms with van der Waals surface area (Å²) in [6, 6.07) is 3.11. The molecule has 3 heterocycles. The number of aliphatic hydroxyl groups is 1. The molecule has 3 atom stereocenters. The first-order valence-corrected chi connectivity index (χ1v) is 8.12. The van der Waals surface area contributed by atoms with Crippen LogP contribution in [0, 0.1) is 6.92 Å². The van der Waals surface area contributed by atoms with Gasteiger partial charge in [-0.05, 0) is 36.4 Å². The van der Waals surface area contributed by atoms with E-state index in [0.717, 1.165) is 17.3 Å². The van der Waals surface area contributed by atoms with Crippen LogP contribution in [0.25, 0.3) is 11.0 Å². The number of benzene rings is 1. The number of thioether (sulfide) groups is 1. The lowest BCUT2D eigenvalue weighted by Gasteiger charge is -2.31. The molecule has 4 rings (SSSR count). The molecule has 2 N–H and O–H groups in total. The van der Waals surface area contributed by atoms with E-state index in [1.807, 2.05) is 0 Å². The molecular formula is C16H14O7S. The number of carbonyl (C=O) groups excluding carboxylic acids is 1. The quantitative estimate of drug-likeness (QED) is 0.747. The van der Waals surface area contributed by atoms with Crippen LogP contribution in [0.1, 0.15) is 23.7 Å². The number of phenolic OH excluding ortho intramolecular Hbond substituents is 1. The van der Waals surface area contributed by atoms with Crippen molar-refractivity contribution in [1.29, 1.82) is 0 Å². The zero-order valence-corrected chi connectivity index (χ0v) is 13.7. The molecule has 0 spiro atoms. The molecule has 2 aliphatic rings. The number of phenols is 1. The van der Waals surface area contributed by atoms with Gasteiger partial charge in [-0.2, -0.15) is 0 Å². The maximum Gasteiger partial charge on any atom is 0.352 e. The van der Waals surface area contributed by atoms with Crippen LogP contribution in [-0.2, 0) is 14.3 Å². The third-order valence-electron chi connectivity index (χ3n) is 4.35. The Bertz CT molecular complexity index is 934. The third kappa shape index (κ3) is 1.87. The molecule has 2 aromatic rings. The highest BCUT2D eigenvalue weighted by Gasteiger charge is 2.61. The summed E-state index contributed by atoms with van der Waals surface area (Å²) in [5, 5.41) is 20.7. The molecular weight excluding hydrogens is 336 g/mol. The predicted molar refractivity (Wildman–Crippen MR) is 83.9 cm³/mol. The van der Waals surface area contributed by atoms with Gasteiger partial charge >= 0.3 is 5.97 Å². The van der Waals surface area contributed by atoms with Gasteiger partial charge in [-0.25, -0.2) is 4.79 Å². The summed E-state index contributed by atoms with van der Waals surface area (Å²) in [5.41, 5.74) is 0.738. The zero-order valence-electron chi connectivity index (χ0n) is 12.9. The Hall–Kier alpha value is -2.03. The van der Waals surface area contributed by atoms with Crippen LogP contribution in [-0.4, -0.2) is 34.3 Å². The van der Waals surface area contributed by atoms with Crippen LogP contribution in [0.5, 0.6) is 5.75 Å². The Morgan fingerprint density at radius 3 is 2.92 bits per heavy atom. The number of ether oxygens (including phenoxy) is 2. The van der Waals surface area contributed by atoms with Crippen LogP contribution in [0.4, 0.5) is 0 Å². The predicted octanol–water partition coefficient (Wildman–Crippen LogP) is 1.60. The lowest BCUT2D eigenvalue weighted by atomic mass is 10.0. The monoisotopic (exact) mass is 350 g/mol. The number of methoxy groups -OCH3 is 1. The number of aromatic hydroxyl groups is 1. The average molecular weight is 350 g/mol. The fraction of sp³-hybridized carbons (Fsp3) is 0.375. The second-order valence-corrected chi connectivity index (χ2v) is 7.09. The van der Waals surface area contributed by atoms with Gasteiger partial charge in [0.2, 0.25) is 10.4 Å². The van der Waals surface area contributed by atoms with Crippen LogP contribution in [0.15, 0.2) is 26.4 Å². The summed E-state index contributed by atoms with van der Waals surface area (Å²) in [7, 11) is 1.20. The number of aliphatic hydroxyl groups excluding tert-OH is 1. The van der Waals surface area contributed by atoms with Crippen LogP contribution >= 0.6 is 11.8 Å². The Balaban J connectivity index is 1.99. The molecule has 1 aromatic carbocycles. The van der Waals surface area contributed by atoms with Crippen molar-refractivity contribution in [2.24, 2.45) is 0 Å². The van der Waals surface area contributed by atoms with Crippen molar-refractivity contribution >= 4 is 28.7 Å². The first-order chi connectivity index (χ1) is 11.4. The molecule has 2 bridgehead atoms. The first-order valence-electron chi connectivity index (χ1n) is 7.31. The normalized spacial score (nSPS) is 28.0. The zero-order chi connectivity index (χ0) is 17.2. The third-order valence-corrected chi connectivity index (χ3v) is 5.68. The Morgan fingerprint density at radius 1 is 1.46 bits per heavy atom. The van der Waals surface area contributed by atoms with E-state index in [9.17, 15) is 19.8 Å². The lowest BCUT2D eigenvalue weighted by Crippen LogP contribution is -2.46. The highest BCUT2D eigenvalue weighted by molar-refractivity contribution is 8.01. The minimum atomic E-state index is -1.64. The molecule has 0 radical (unpaired) electrons. The van der Waals surface area contributed by atoms with E-state index >= 15 is 0 Å². The molecule has 2 aliphatic heterocycles. The molecule has 0 amide bonds. The summed E-state index contributed by atoms with van der Waals surface area (Å²) in [6.45, 7) is 1.76. The first kappa shape index (κ1) is 15.5. The summed E-state index contributed by atoms with van der Waals surface area (Å²) in [4.78, 5) is 23.3. The van der Waals surface area contributed by atoms with E-state index in [1.54, 1.807) is 13.0 Å². The van der Waals surface area contributed by atoms with E-state index in [-0.39, 0.29) is 33.8 Å². The molecule has 8 heteroatoms. The minimum Gasteiger partial charge on any atom is -0.507 e. The van der Waals surface area contributed by atoms with Gasteiger partial charge in [-0.1, -0.05) is 0 Å². The minimum absolute atomic E-state index is 0.0653. The molecule has 1 saturated heterocycles. The van der Waals surface area contributed by atoms with Crippen molar-refractivity contribution in [3.05, 3.63) is 33.5 Å². The van der Waals surface area contributed by atoms with Gasteiger partial charge in [-0.3, -0.25) is 4.79 Å². The van der Waals surface area contributed by atoms with Crippen molar-refractivity contribution in [2.75, 3.05) is 7.11 Å². The van der Waals surface area contributed by atoms with E-state index in [4.69, 9.17) is 13.9 Å². The fourth-order valence-corrected chi connectivity index (χ4v) is 4.55. The lowest BCUT2D eigenvalue weighted by molar-refractivity contribution is -0.162. The Labute approximate surface area is 140 Å². The van der Waals surface area contributed by atoms with Gasteiger partial charge in [0.25, 0.3) is 0 Å². The number of fused-ring (bicyclic) bond motifs is 5. The summed E-state index contributed by atoms with van der Waals surface area (Å²) in [5.74, 6) is -0.905. The highest BCUT2D eigenvalue weighted by Crippen LogP contribution is 2.55. The van der Waals surface area contributed by atoms with E-state index in [2.05, 4.69) is 0 Å². The molecule has 126 valence electrons.